The number of amides is 1. The standard InChI is InChI=1S/C14H25NO5/c1-9-8-15(13(19)20-14(2,3)4)6-5-10(9)7-11(16)12(17)18/h9-11,16H,5-8H2,1-4H3,(H,17,18). The van der Waals surface area contributed by atoms with Crippen molar-refractivity contribution in [2.75, 3.05) is 13.1 Å². The van der Waals surface area contributed by atoms with E-state index in [0.717, 1.165) is 0 Å². The number of likely N-dealkylation sites (tertiary alicyclic amines) is 1. The fraction of sp³-hybridized carbons (Fsp3) is 0.857. The Labute approximate surface area is 119 Å². The molecule has 6 nitrogen and oxygen atoms in total. The fourth-order valence-electron chi connectivity index (χ4n) is 2.42. The summed E-state index contributed by atoms with van der Waals surface area (Å²) in [6, 6.07) is 0. The highest BCUT2D eigenvalue weighted by molar-refractivity contribution is 5.71. The lowest BCUT2D eigenvalue weighted by molar-refractivity contribution is -0.148. The Morgan fingerprint density at radius 3 is 2.45 bits per heavy atom. The summed E-state index contributed by atoms with van der Waals surface area (Å²) >= 11 is 0. The van der Waals surface area contributed by atoms with Crippen LogP contribution in [-0.4, -0.2) is 52.0 Å². The molecule has 1 saturated heterocycles. The van der Waals surface area contributed by atoms with Gasteiger partial charge in [-0.25, -0.2) is 9.59 Å². The van der Waals surface area contributed by atoms with Crippen LogP contribution in [0.1, 0.15) is 40.5 Å². The number of hydrogen-bond donors (Lipinski definition) is 2. The summed E-state index contributed by atoms with van der Waals surface area (Å²) in [7, 11) is 0. The van der Waals surface area contributed by atoms with Gasteiger partial charge >= 0.3 is 12.1 Å². The number of carbonyl (C=O) groups is 2. The average molecular weight is 287 g/mol. The minimum absolute atomic E-state index is 0.111. The first-order valence-corrected chi connectivity index (χ1v) is 6.99. The van der Waals surface area contributed by atoms with Gasteiger partial charge in [0, 0.05) is 13.1 Å². The Morgan fingerprint density at radius 2 is 2.00 bits per heavy atom. The Morgan fingerprint density at radius 1 is 1.40 bits per heavy atom. The van der Waals surface area contributed by atoms with Crippen LogP contribution in [0.25, 0.3) is 0 Å². The maximum absolute atomic E-state index is 12.0. The zero-order valence-electron chi connectivity index (χ0n) is 12.6. The van der Waals surface area contributed by atoms with Crippen molar-refractivity contribution >= 4 is 12.1 Å². The molecular formula is C14H25NO5. The number of piperidine rings is 1. The number of carboxylic acids is 1. The van der Waals surface area contributed by atoms with Gasteiger partial charge in [-0.15, -0.1) is 0 Å². The molecule has 3 unspecified atom stereocenters. The van der Waals surface area contributed by atoms with E-state index in [2.05, 4.69) is 0 Å². The second-order valence-corrected chi connectivity index (χ2v) is 6.54. The Balaban J connectivity index is 2.51. The van der Waals surface area contributed by atoms with E-state index < -0.39 is 17.7 Å². The van der Waals surface area contributed by atoms with Gasteiger partial charge in [-0.05, 0) is 45.4 Å². The van der Waals surface area contributed by atoms with Crippen molar-refractivity contribution in [1.82, 2.24) is 4.90 Å². The Hall–Kier alpha value is -1.30. The van der Waals surface area contributed by atoms with Crippen molar-refractivity contribution in [2.45, 2.75) is 52.2 Å². The largest absolute Gasteiger partial charge is 0.479 e. The lowest BCUT2D eigenvalue weighted by Crippen LogP contribution is -2.46. The molecule has 1 fully saturated rings. The third-order valence-electron chi connectivity index (χ3n) is 3.55. The molecule has 0 saturated carbocycles. The molecule has 0 aliphatic carbocycles. The highest BCUT2D eigenvalue weighted by atomic mass is 16.6. The van der Waals surface area contributed by atoms with E-state index in [9.17, 15) is 14.7 Å². The number of aliphatic carboxylic acids is 1. The second-order valence-electron chi connectivity index (χ2n) is 6.54. The number of carbonyl (C=O) groups excluding carboxylic acids is 1. The Bertz CT molecular complexity index is 363. The molecule has 0 aromatic heterocycles. The SMILES string of the molecule is CC1CN(C(=O)OC(C)(C)C)CCC1CC(O)C(=O)O. The van der Waals surface area contributed by atoms with Gasteiger partial charge in [0.05, 0.1) is 0 Å². The predicted molar refractivity (Wildman–Crippen MR) is 73.3 cm³/mol. The summed E-state index contributed by atoms with van der Waals surface area (Å²) in [6.07, 6.45) is -0.735. The summed E-state index contributed by atoms with van der Waals surface area (Å²) in [5.41, 5.74) is -0.517. The highest BCUT2D eigenvalue weighted by Crippen LogP contribution is 2.28. The molecule has 3 atom stereocenters. The minimum Gasteiger partial charge on any atom is -0.479 e. The number of rotatable bonds is 3. The summed E-state index contributed by atoms with van der Waals surface area (Å²) in [6.45, 7) is 8.51. The molecule has 0 bridgehead atoms. The van der Waals surface area contributed by atoms with E-state index in [-0.39, 0.29) is 24.3 Å². The second kappa shape index (κ2) is 6.43. The third-order valence-corrected chi connectivity index (χ3v) is 3.55. The molecule has 1 amide bonds. The zero-order valence-corrected chi connectivity index (χ0v) is 12.6. The van der Waals surface area contributed by atoms with Crippen molar-refractivity contribution in [1.29, 1.82) is 0 Å². The molecule has 1 rings (SSSR count). The third kappa shape index (κ3) is 5.00. The van der Waals surface area contributed by atoms with E-state index in [1.807, 2.05) is 27.7 Å². The van der Waals surface area contributed by atoms with Crippen LogP contribution < -0.4 is 0 Å². The summed E-state index contributed by atoms with van der Waals surface area (Å²) in [5, 5.41) is 18.2. The quantitative estimate of drug-likeness (QED) is 0.825. The summed E-state index contributed by atoms with van der Waals surface area (Å²) < 4.78 is 5.32. The normalized spacial score (nSPS) is 25.1. The molecular weight excluding hydrogens is 262 g/mol. The summed E-state index contributed by atoms with van der Waals surface area (Å²) in [4.78, 5) is 24.3. The van der Waals surface area contributed by atoms with Crippen molar-refractivity contribution in [3.8, 4) is 0 Å². The molecule has 1 aliphatic heterocycles. The highest BCUT2D eigenvalue weighted by Gasteiger charge is 2.33. The van der Waals surface area contributed by atoms with Crippen LogP contribution in [0.2, 0.25) is 0 Å². The molecule has 116 valence electrons. The fourth-order valence-corrected chi connectivity index (χ4v) is 2.42. The molecule has 1 aliphatic rings. The molecule has 0 aromatic carbocycles. The average Bonchev–Trinajstić information content (AvgIpc) is 2.29. The van der Waals surface area contributed by atoms with Gasteiger partial charge in [0.25, 0.3) is 0 Å². The van der Waals surface area contributed by atoms with Gasteiger partial charge in [0.15, 0.2) is 6.10 Å². The molecule has 1 heterocycles. The lowest BCUT2D eigenvalue weighted by atomic mass is 9.83. The number of aliphatic hydroxyl groups excluding tert-OH is 1. The predicted octanol–water partition coefficient (Wildman–Crippen LogP) is 1.72. The van der Waals surface area contributed by atoms with E-state index in [0.29, 0.717) is 19.5 Å². The van der Waals surface area contributed by atoms with Crippen LogP contribution >= 0.6 is 0 Å². The maximum Gasteiger partial charge on any atom is 0.410 e. The van der Waals surface area contributed by atoms with Gasteiger partial charge in [-0.3, -0.25) is 0 Å². The molecule has 20 heavy (non-hydrogen) atoms. The van der Waals surface area contributed by atoms with Crippen molar-refractivity contribution in [2.24, 2.45) is 11.8 Å². The number of aliphatic hydroxyl groups is 1. The first-order valence-electron chi connectivity index (χ1n) is 6.99. The molecule has 6 heteroatoms. The van der Waals surface area contributed by atoms with Crippen LogP contribution in [0.5, 0.6) is 0 Å². The van der Waals surface area contributed by atoms with Gasteiger partial charge in [-0.1, -0.05) is 6.92 Å². The zero-order chi connectivity index (χ0) is 15.5. The first kappa shape index (κ1) is 16.8. The van der Waals surface area contributed by atoms with Crippen LogP contribution in [0, 0.1) is 11.8 Å². The van der Waals surface area contributed by atoms with E-state index in [1.54, 1.807) is 4.90 Å². The van der Waals surface area contributed by atoms with Crippen molar-refractivity contribution in [3.05, 3.63) is 0 Å². The van der Waals surface area contributed by atoms with Gasteiger partial charge < -0.3 is 19.8 Å². The van der Waals surface area contributed by atoms with Crippen molar-refractivity contribution in [3.63, 3.8) is 0 Å². The molecule has 0 spiro atoms. The van der Waals surface area contributed by atoms with Crippen LogP contribution in [0.4, 0.5) is 4.79 Å². The van der Waals surface area contributed by atoms with Crippen molar-refractivity contribution < 1.29 is 24.5 Å². The number of nitrogens with zero attached hydrogens (tertiary/aromatic N) is 1. The van der Waals surface area contributed by atoms with E-state index in [4.69, 9.17) is 9.84 Å². The first-order chi connectivity index (χ1) is 9.10. The van der Waals surface area contributed by atoms with Gasteiger partial charge in [0.1, 0.15) is 5.60 Å². The maximum atomic E-state index is 12.0. The van der Waals surface area contributed by atoms with Crippen LogP contribution in [0.3, 0.4) is 0 Å². The lowest BCUT2D eigenvalue weighted by Gasteiger charge is -2.37. The molecule has 0 radical (unpaired) electrons. The molecule has 0 aromatic rings. The minimum atomic E-state index is -1.32. The number of ether oxygens (including phenoxy) is 1. The molecule has 2 N–H and O–H groups in total. The summed E-state index contributed by atoms with van der Waals surface area (Å²) in [5.74, 6) is -0.933. The van der Waals surface area contributed by atoms with E-state index >= 15 is 0 Å². The number of hydrogen-bond acceptors (Lipinski definition) is 4. The van der Waals surface area contributed by atoms with Crippen LogP contribution in [0.15, 0.2) is 0 Å². The monoisotopic (exact) mass is 287 g/mol. The van der Waals surface area contributed by atoms with E-state index in [1.165, 1.54) is 0 Å². The topological polar surface area (TPSA) is 87.1 Å². The van der Waals surface area contributed by atoms with Gasteiger partial charge in [-0.2, -0.15) is 0 Å². The Kier molecular flexibility index (Phi) is 5.39. The smallest absolute Gasteiger partial charge is 0.410 e. The number of carboxylic acid groups (broad SMARTS) is 1. The van der Waals surface area contributed by atoms with Crippen LogP contribution in [-0.2, 0) is 9.53 Å². The van der Waals surface area contributed by atoms with Gasteiger partial charge in [0.2, 0.25) is 0 Å².